The van der Waals surface area contributed by atoms with E-state index in [1.807, 2.05) is 6.92 Å². The summed E-state index contributed by atoms with van der Waals surface area (Å²) in [6.07, 6.45) is 2.62. The molecule has 108 valence electrons. The maximum Gasteiger partial charge on any atom is 0.270 e. The molecule has 0 aliphatic carbocycles. The predicted octanol–water partition coefficient (Wildman–Crippen LogP) is 2.13. The number of hydrogen-bond acceptors (Lipinski definition) is 3. The molecule has 19 heavy (non-hydrogen) atoms. The van der Waals surface area contributed by atoms with E-state index in [0.29, 0.717) is 18.8 Å². The number of aryl methyl sites for hydroxylation is 1. The van der Waals surface area contributed by atoms with Gasteiger partial charge in [0.25, 0.3) is 5.91 Å². The van der Waals surface area contributed by atoms with Gasteiger partial charge < -0.3 is 10.2 Å². The zero-order chi connectivity index (χ0) is 14.3. The van der Waals surface area contributed by atoms with Crippen LogP contribution in [-0.4, -0.2) is 46.8 Å². The number of amides is 1. The van der Waals surface area contributed by atoms with Crippen molar-refractivity contribution >= 4 is 21.8 Å². The first-order valence-electron chi connectivity index (χ1n) is 6.85. The van der Waals surface area contributed by atoms with Crippen LogP contribution in [0.1, 0.15) is 37.7 Å². The molecule has 0 fully saturated rings. The van der Waals surface area contributed by atoms with E-state index in [9.17, 15) is 4.79 Å². The molecule has 0 atom stereocenters. The fourth-order valence-electron chi connectivity index (χ4n) is 1.96. The Morgan fingerprint density at radius 3 is 2.68 bits per heavy atom. The topological polar surface area (TPSA) is 50.2 Å². The van der Waals surface area contributed by atoms with Gasteiger partial charge in [0, 0.05) is 13.1 Å². The molecule has 0 aliphatic heterocycles. The van der Waals surface area contributed by atoms with Crippen LogP contribution in [0.5, 0.6) is 0 Å². The maximum atomic E-state index is 12.1. The summed E-state index contributed by atoms with van der Waals surface area (Å²) in [5.74, 6) is -0.0641. The molecule has 5 nitrogen and oxygen atoms in total. The monoisotopic (exact) mass is 330 g/mol. The number of hydrogen-bond donors (Lipinski definition) is 1. The van der Waals surface area contributed by atoms with E-state index in [0.717, 1.165) is 30.5 Å². The van der Waals surface area contributed by atoms with Gasteiger partial charge >= 0.3 is 0 Å². The zero-order valence-electron chi connectivity index (χ0n) is 11.9. The number of carbonyl (C=O) groups is 1. The van der Waals surface area contributed by atoms with Crippen LogP contribution in [0.15, 0.2) is 10.7 Å². The van der Waals surface area contributed by atoms with Crippen LogP contribution in [0.25, 0.3) is 0 Å². The molecule has 0 saturated carbocycles. The van der Waals surface area contributed by atoms with E-state index in [4.69, 9.17) is 0 Å². The molecular weight excluding hydrogens is 308 g/mol. The van der Waals surface area contributed by atoms with Crippen LogP contribution in [0, 0.1) is 0 Å². The third kappa shape index (κ3) is 4.62. The molecule has 1 N–H and O–H groups in total. The molecule has 0 aliphatic rings. The Kier molecular flexibility index (Phi) is 7.09. The quantitative estimate of drug-likeness (QED) is 0.743. The molecule has 1 amide bonds. The largest absolute Gasteiger partial charge is 0.351 e. The molecule has 0 saturated heterocycles. The van der Waals surface area contributed by atoms with Gasteiger partial charge in [-0.05, 0) is 48.9 Å². The van der Waals surface area contributed by atoms with Crippen LogP contribution >= 0.6 is 15.9 Å². The second-order valence-electron chi connectivity index (χ2n) is 4.29. The number of aromatic nitrogens is 2. The first kappa shape index (κ1) is 16.2. The highest BCUT2D eigenvalue weighted by atomic mass is 79.9. The Bertz CT molecular complexity index is 401. The van der Waals surface area contributed by atoms with Gasteiger partial charge in [0.15, 0.2) is 0 Å². The highest BCUT2D eigenvalue weighted by Gasteiger charge is 2.15. The first-order valence-corrected chi connectivity index (χ1v) is 7.65. The smallest absolute Gasteiger partial charge is 0.270 e. The summed E-state index contributed by atoms with van der Waals surface area (Å²) in [5, 5.41) is 7.09. The number of carbonyl (C=O) groups excluding carboxylic acids is 1. The molecular formula is C13H23BrN4O. The van der Waals surface area contributed by atoms with Crippen molar-refractivity contribution in [2.24, 2.45) is 0 Å². The molecule has 1 aromatic heterocycles. The molecule has 0 unspecified atom stereocenters. The Morgan fingerprint density at radius 2 is 2.11 bits per heavy atom. The summed E-state index contributed by atoms with van der Waals surface area (Å²) in [6, 6.07) is 0. The number of halogens is 1. The lowest BCUT2D eigenvalue weighted by molar-refractivity contribution is 0.0940. The minimum atomic E-state index is -0.0641. The summed E-state index contributed by atoms with van der Waals surface area (Å²) >= 11 is 3.36. The van der Waals surface area contributed by atoms with Gasteiger partial charge in [-0.3, -0.25) is 9.48 Å². The fourth-order valence-corrected chi connectivity index (χ4v) is 2.43. The van der Waals surface area contributed by atoms with E-state index < -0.39 is 0 Å². The SMILES string of the molecule is CCN(CC)CCCNC(=O)c1c(Br)cnn1CC. The van der Waals surface area contributed by atoms with Gasteiger partial charge in [0.1, 0.15) is 5.69 Å². The minimum absolute atomic E-state index is 0.0641. The molecule has 0 bridgehead atoms. The summed E-state index contributed by atoms with van der Waals surface area (Å²) in [7, 11) is 0. The Balaban J connectivity index is 2.41. The molecule has 0 aromatic carbocycles. The second-order valence-corrected chi connectivity index (χ2v) is 5.15. The Morgan fingerprint density at radius 1 is 1.42 bits per heavy atom. The standard InChI is InChI=1S/C13H23BrN4O/c1-4-17(5-2)9-7-8-15-13(19)12-11(14)10-16-18(12)6-3/h10H,4-9H2,1-3H3,(H,15,19). The second kappa shape index (κ2) is 8.32. The van der Waals surface area contributed by atoms with Crippen LogP contribution in [-0.2, 0) is 6.54 Å². The third-order valence-electron chi connectivity index (χ3n) is 3.14. The average molecular weight is 331 g/mol. The first-order chi connectivity index (χ1) is 9.13. The summed E-state index contributed by atoms with van der Waals surface area (Å²) in [5.41, 5.74) is 0.602. The number of rotatable bonds is 8. The van der Waals surface area contributed by atoms with Crippen LogP contribution in [0.3, 0.4) is 0 Å². The highest BCUT2D eigenvalue weighted by Crippen LogP contribution is 2.15. The van der Waals surface area contributed by atoms with Gasteiger partial charge in [-0.1, -0.05) is 13.8 Å². The maximum absolute atomic E-state index is 12.1. The summed E-state index contributed by atoms with van der Waals surface area (Å²) in [4.78, 5) is 14.4. The van der Waals surface area contributed by atoms with E-state index in [1.165, 1.54) is 0 Å². The highest BCUT2D eigenvalue weighted by molar-refractivity contribution is 9.10. The average Bonchev–Trinajstić information content (AvgIpc) is 2.80. The van der Waals surface area contributed by atoms with Crippen LogP contribution < -0.4 is 5.32 Å². The number of nitrogens with one attached hydrogen (secondary N) is 1. The van der Waals surface area contributed by atoms with Crippen LogP contribution in [0.4, 0.5) is 0 Å². The normalized spacial score (nSPS) is 11.0. The molecule has 6 heteroatoms. The van der Waals surface area contributed by atoms with Crippen molar-refractivity contribution in [2.45, 2.75) is 33.7 Å². The third-order valence-corrected chi connectivity index (χ3v) is 3.72. The fraction of sp³-hybridized carbons (Fsp3) is 0.692. The van der Waals surface area contributed by atoms with Gasteiger partial charge in [-0.15, -0.1) is 0 Å². The summed E-state index contributed by atoms with van der Waals surface area (Å²) in [6.45, 7) is 10.8. The van der Waals surface area contributed by atoms with E-state index >= 15 is 0 Å². The van der Waals surface area contributed by atoms with Crippen molar-refractivity contribution in [3.05, 3.63) is 16.4 Å². The lowest BCUT2D eigenvalue weighted by Gasteiger charge is -2.17. The zero-order valence-corrected chi connectivity index (χ0v) is 13.5. The molecule has 0 radical (unpaired) electrons. The lowest BCUT2D eigenvalue weighted by Crippen LogP contribution is -2.31. The van der Waals surface area contributed by atoms with Crippen molar-refractivity contribution < 1.29 is 4.79 Å². The van der Waals surface area contributed by atoms with Crippen molar-refractivity contribution in [2.75, 3.05) is 26.2 Å². The van der Waals surface area contributed by atoms with E-state index in [2.05, 4.69) is 45.1 Å². The lowest BCUT2D eigenvalue weighted by atomic mass is 10.3. The van der Waals surface area contributed by atoms with E-state index in [1.54, 1.807) is 10.9 Å². The van der Waals surface area contributed by atoms with Gasteiger partial charge in [0.2, 0.25) is 0 Å². The van der Waals surface area contributed by atoms with Gasteiger partial charge in [-0.25, -0.2) is 0 Å². The Hall–Kier alpha value is -0.880. The van der Waals surface area contributed by atoms with Crippen molar-refractivity contribution in [3.8, 4) is 0 Å². The molecule has 1 rings (SSSR count). The summed E-state index contributed by atoms with van der Waals surface area (Å²) < 4.78 is 2.44. The van der Waals surface area contributed by atoms with E-state index in [-0.39, 0.29) is 5.91 Å². The number of nitrogens with zero attached hydrogens (tertiary/aromatic N) is 3. The molecule has 0 spiro atoms. The van der Waals surface area contributed by atoms with Crippen LogP contribution in [0.2, 0.25) is 0 Å². The molecule has 1 heterocycles. The van der Waals surface area contributed by atoms with Crippen molar-refractivity contribution in [1.29, 1.82) is 0 Å². The Labute approximate surface area is 123 Å². The van der Waals surface area contributed by atoms with Crippen molar-refractivity contribution in [3.63, 3.8) is 0 Å². The van der Waals surface area contributed by atoms with Gasteiger partial charge in [0.05, 0.1) is 10.7 Å². The molecule has 1 aromatic rings. The van der Waals surface area contributed by atoms with Gasteiger partial charge in [-0.2, -0.15) is 5.10 Å². The van der Waals surface area contributed by atoms with Crippen molar-refractivity contribution in [1.82, 2.24) is 20.0 Å². The predicted molar refractivity (Wildman–Crippen MR) is 80.3 cm³/mol. The minimum Gasteiger partial charge on any atom is -0.351 e.